The van der Waals surface area contributed by atoms with Gasteiger partial charge in [-0.2, -0.15) is 0 Å². The number of hydrogen-bond acceptors (Lipinski definition) is 4. The number of fused-ring (bicyclic) bond motifs is 3. The molecule has 1 aromatic heterocycles. The van der Waals surface area contributed by atoms with Crippen molar-refractivity contribution >= 4 is 11.6 Å². The molecule has 0 amide bonds. The van der Waals surface area contributed by atoms with Crippen LogP contribution in [0.2, 0.25) is 0 Å². The number of Topliss-reactive ketones (excluding diaryl/α,β-unsaturated/α-hetero) is 1. The fraction of sp³-hybridized carbons (Fsp3) is 0.333. The Morgan fingerprint density at radius 3 is 2.64 bits per heavy atom. The van der Waals surface area contributed by atoms with Gasteiger partial charge in [0.15, 0.2) is 5.78 Å². The molecule has 128 valence electrons. The highest BCUT2D eigenvalue weighted by molar-refractivity contribution is 5.88. The quantitative estimate of drug-likeness (QED) is 0.925. The number of carbonyl (C=O) groups excluding carboxylic acids is 1. The second kappa shape index (κ2) is 6.03. The number of anilines is 1. The summed E-state index contributed by atoms with van der Waals surface area (Å²) in [5, 5.41) is 3.51. The van der Waals surface area contributed by atoms with Gasteiger partial charge in [-0.15, -0.1) is 0 Å². The SMILES string of the molecule is C=CN1C2Nc3ncccc3C2C(c2ccccc2)C1C(=O)C(C)C. The van der Waals surface area contributed by atoms with Crippen LogP contribution in [0.5, 0.6) is 0 Å². The van der Waals surface area contributed by atoms with Crippen molar-refractivity contribution in [1.82, 2.24) is 9.88 Å². The summed E-state index contributed by atoms with van der Waals surface area (Å²) in [5.41, 5.74) is 2.38. The van der Waals surface area contributed by atoms with E-state index in [0.29, 0.717) is 0 Å². The molecule has 3 heterocycles. The molecule has 0 radical (unpaired) electrons. The van der Waals surface area contributed by atoms with Crippen LogP contribution in [0.4, 0.5) is 5.82 Å². The molecule has 2 aliphatic rings. The van der Waals surface area contributed by atoms with E-state index in [2.05, 4.69) is 40.0 Å². The molecule has 4 heteroatoms. The molecule has 4 nitrogen and oxygen atoms in total. The number of nitrogens with one attached hydrogen (secondary N) is 1. The number of likely N-dealkylation sites (tertiary alicyclic amines) is 1. The number of ketones is 1. The van der Waals surface area contributed by atoms with Crippen molar-refractivity contribution in [3.05, 3.63) is 72.6 Å². The van der Waals surface area contributed by atoms with Crippen LogP contribution < -0.4 is 5.32 Å². The van der Waals surface area contributed by atoms with Crippen molar-refractivity contribution < 1.29 is 4.79 Å². The first kappa shape index (κ1) is 15.9. The highest BCUT2D eigenvalue weighted by Gasteiger charge is 2.55. The van der Waals surface area contributed by atoms with E-state index in [1.165, 1.54) is 11.1 Å². The summed E-state index contributed by atoms with van der Waals surface area (Å²) >= 11 is 0. The largest absolute Gasteiger partial charge is 0.349 e. The van der Waals surface area contributed by atoms with Gasteiger partial charge in [0, 0.05) is 29.5 Å². The predicted molar refractivity (Wildman–Crippen MR) is 99.2 cm³/mol. The Kier molecular flexibility index (Phi) is 3.83. The van der Waals surface area contributed by atoms with Crippen molar-refractivity contribution in [2.24, 2.45) is 5.92 Å². The molecule has 1 N–H and O–H groups in total. The van der Waals surface area contributed by atoms with E-state index in [9.17, 15) is 4.79 Å². The molecular formula is C21H23N3O. The fourth-order valence-electron chi connectivity index (χ4n) is 4.37. The maximum absolute atomic E-state index is 13.1. The van der Waals surface area contributed by atoms with Crippen LogP contribution in [-0.2, 0) is 4.79 Å². The maximum atomic E-state index is 13.1. The molecule has 4 unspecified atom stereocenters. The first-order chi connectivity index (χ1) is 12.1. The molecule has 1 fully saturated rings. The smallest absolute Gasteiger partial charge is 0.158 e. The lowest BCUT2D eigenvalue weighted by atomic mass is 9.78. The van der Waals surface area contributed by atoms with Gasteiger partial charge in [0.1, 0.15) is 12.0 Å². The number of rotatable bonds is 4. The van der Waals surface area contributed by atoms with Gasteiger partial charge in [-0.05, 0) is 17.8 Å². The highest BCUT2D eigenvalue weighted by Crippen LogP contribution is 2.53. The summed E-state index contributed by atoms with van der Waals surface area (Å²) < 4.78 is 0. The van der Waals surface area contributed by atoms with E-state index < -0.39 is 0 Å². The van der Waals surface area contributed by atoms with E-state index in [1.807, 2.05) is 44.3 Å². The number of hydrogen-bond donors (Lipinski definition) is 1. The van der Waals surface area contributed by atoms with Crippen LogP contribution in [-0.4, -0.2) is 27.9 Å². The zero-order valence-corrected chi connectivity index (χ0v) is 14.6. The van der Waals surface area contributed by atoms with Crippen molar-refractivity contribution in [2.45, 2.75) is 37.9 Å². The van der Waals surface area contributed by atoms with Gasteiger partial charge in [0.25, 0.3) is 0 Å². The van der Waals surface area contributed by atoms with Crippen LogP contribution >= 0.6 is 0 Å². The van der Waals surface area contributed by atoms with Crippen molar-refractivity contribution in [1.29, 1.82) is 0 Å². The number of aromatic nitrogens is 1. The topological polar surface area (TPSA) is 45.2 Å². The first-order valence-electron chi connectivity index (χ1n) is 8.83. The normalized spacial score (nSPS) is 26.9. The molecule has 0 saturated carbocycles. The Morgan fingerprint density at radius 2 is 1.96 bits per heavy atom. The van der Waals surface area contributed by atoms with Crippen molar-refractivity contribution in [2.75, 3.05) is 5.32 Å². The minimum Gasteiger partial charge on any atom is -0.349 e. The summed E-state index contributed by atoms with van der Waals surface area (Å²) in [7, 11) is 0. The molecule has 0 aliphatic carbocycles. The zero-order valence-electron chi connectivity index (χ0n) is 14.6. The van der Waals surface area contributed by atoms with Gasteiger partial charge in [-0.25, -0.2) is 4.98 Å². The lowest BCUT2D eigenvalue weighted by Crippen LogP contribution is -2.42. The lowest BCUT2D eigenvalue weighted by molar-refractivity contribution is -0.126. The Labute approximate surface area is 148 Å². The number of benzene rings is 1. The summed E-state index contributed by atoms with van der Waals surface area (Å²) in [6.07, 6.45) is 3.63. The monoisotopic (exact) mass is 333 g/mol. The maximum Gasteiger partial charge on any atom is 0.158 e. The van der Waals surface area contributed by atoms with E-state index in [-0.39, 0.29) is 35.7 Å². The predicted octanol–water partition coefficient (Wildman–Crippen LogP) is 3.75. The van der Waals surface area contributed by atoms with E-state index >= 15 is 0 Å². The number of carbonyl (C=O) groups is 1. The highest BCUT2D eigenvalue weighted by atomic mass is 16.1. The Morgan fingerprint density at radius 1 is 1.20 bits per heavy atom. The average molecular weight is 333 g/mol. The van der Waals surface area contributed by atoms with Gasteiger partial charge < -0.3 is 10.2 Å². The third kappa shape index (κ3) is 2.36. The second-order valence-electron chi connectivity index (χ2n) is 7.12. The average Bonchev–Trinajstić information content (AvgIpc) is 3.15. The van der Waals surface area contributed by atoms with Crippen molar-refractivity contribution in [3.8, 4) is 0 Å². The standard InChI is InChI=1S/C21H23N3O/c1-4-24-18(19(25)13(2)3)16(14-9-6-5-7-10-14)17-15-11-8-12-22-20(15)23-21(17)24/h4-13,16-18,21H,1H2,2-3H3,(H,22,23). The summed E-state index contributed by atoms with van der Waals surface area (Å²) in [6, 6.07) is 14.3. The first-order valence-corrected chi connectivity index (χ1v) is 8.83. The minimum atomic E-state index is -0.212. The third-order valence-corrected chi connectivity index (χ3v) is 5.45. The van der Waals surface area contributed by atoms with E-state index in [0.717, 1.165) is 5.82 Å². The van der Waals surface area contributed by atoms with Crippen LogP contribution in [0.1, 0.15) is 36.8 Å². The molecule has 4 atom stereocenters. The second-order valence-corrected chi connectivity index (χ2v) is 7.12. The zero-order chi connectivity index (χ0) is 17.6. The number of pyridine rings is 1. The summed E-state index contributed by atoms with van der Waals surface area (Å²) in [6.45, 7) is 7.95. The summed E-state index contributed by atoms with van der Waals surface area (Å²) in [4.78, 5) is 19.7. The molecule has 2 aliphatic heterocycles. The Balaban J connectivity index is 1.88. The van der Waals surface area contributed by atoms with Gasteiger partial charge in [-0.1, -0.05) is 56.8 Å². The molecule has 0 bridgehead atoms. The van der Waals surface area contributed by atoms with Crippen molar-refractivity contribution in [3.63, 3.8) is 0 Å². The molecule has 1 saturated heterocycles. The summed E-state index contributed by atoms with van der Waals surface area (Å²) in [5.74, 6) is 1.41. The third-order valence-electron chi connectivity index (χ3n) is 5.45. The Hall–Kier alpha value is -2.62. The minimum absolute atomic E-state index is 0.0142. The molecule has 25 heavy (non-hydrogen) atoms. The molecular weight excluding hydrogens is 310 g/mol. The molecule has 4 rings (SSSR count). The van der Waals surface area contributed by atoms with Gasteiger partial charge in [0.2, 0.25) is 0 Å². The van der Waals surface area contributed by atoms with Crippen LogP contribution in [0, 0.1) is 5.92 Å². The van der Waals surface area contributed by atoms with E-state index in [1.54, 1.807) is 6.20 Å². The van der Waals surface area contributed by atoms with Gasteiger partial charge in [-0.3, -0.25) is 4.79 Å². The molecule has 0 spiro atoms. The van der Waals surface area contributed by atoms with Crippen LogP contribution in [0.15, 0.2) is 61.4 Å². The lowest BCUT2D eigenvalue weighted by Gasteiger charge is -2.30. The Bertz CT molecular complexity index is 802. The van der Waals surface area contributed by atoms with E-state index in [4.69, 9.17) is 0 Å². The molecule has 1 aromatic carbocycles. The fourth-order valence-corrected chi connectivity index (χ4v) is 4.37. The van der Waals surface area contributed by atoms with Gasteiger partial charge >= 0.3 is 0 Å². The van der Waals surface area contributed by atoms with Crippen LogP contribution in [0.3, 0.4) is 0 Å². The van der Waals surface area contributed by atoms with Gasteiger partial charge in [0.05, 0.1) is 6.04 Å². The number of nitrogens with zero attached hydrogens (tertiary/aromatic N) is 2. The van der Waals surface area contributed by atoms with Crippen LogP contribution in [0.25, 0.3) is 0 Å². The molecule has 2 aromatic rings.